The van der Waals surface area contributed by atoms with Crippen LogP contribution in [0.2, 0.25) is 5.15 Å². The van der Waals surface area contributed by atoms with Gasteiger partial charge >= 0.3 is 0 Å². The Morgan fingerprint density at radius 2 is 1.92 bits per heavy atom. The first-order valence-corrected chi connectivity index (χ1v) is 8.83. The monoisotopic (exact) mass is 365 g/mol. The van der Waals surface area contributed by atoms with Gasteiger partial charge in [-0.15, -0.1) is 0 Å². The molecule has 0 saturated heterocycles. The Hall–Kier alpha value is -2.72. The number of hydrogen-bond donors (Lipinski definition) is 1. The van der Waals surface area contributed by atoms with Crippen molar-refractivity contribution < 1.29 is 4.79 Å². The summed E-state index contributed by atoms with van der Waals surface area (Å²) in [5, 5.41) is 3.35. The third-order valence-corrected chi connectivity index (χ3v) is 4.38. The molecule has 0 spiro atoms. The van der Waals surface area contributed by atoms with Crippen LogP contribution < -0.4 is 5.32 Å². The van der Waals surface area contributed by atoms with Crippen molar-refractivity contribution in [3.05, 3.63) is 88.5 Å². The maximum absolute atomic E-state index is 12.4. The molecule has 3 aromatic rings. The predicted octanol–water partition coefficient (Wildman–Crippen LogP) is 5.04. The topological polar surface area (TPSA) is 54.9 Å². The third kappa shape index (κ3) is 4.67. The Kier molecular flexibility index (Phi) is 5.64. The molecular formula is C21H20ClN3O. The van der Waals surface area contributed by atoms with Crippen molar-refractivity contribution in [1.82, 2.24) is 9.97 Å². The number of benzene rings is 2. The number of aryl methyl sites for hydroxylation is 1. The number of carbonyl (C=O) groups is 1. The standard InChI is InChI=1S/C21H20ClN3O/c1-14-6-8-16(9-7-14)21(26)25-18-5-3-4-17(11-18)15(2)10-19-12-23-13-20(22)24-19/h3-9,11-13,15H,10H2,1-2H3,(H,25,26)/t15-/m1/s1. The van der Waals surface area contributed by atoms with Gasteiger partial charge in [-0.05, 0) is 49.1 Å². The molecule has 0 fully saturated rings. The summed E-state index contributed by atoms with van der Waals surface area (Å²) in [6.07, 6.45) is 3.98. The van der Waals surface area contributed by atoms with Gasteiger partial charge in [0.15, 0.2) is 0 Å². The van der Waals surface area contributed by atoms with Gasteiger partial charge in [0.1, 0.15) is 5.15 Å². The highest BCUT2D eigenvalue weighted by Crippen LogP contribution is 2.23. The van der Waals surface area contributed by atoms with Gasteiger partial charge in [0, 0.05) is 17.4 Å². The van der Waals surface area contributed by atoms with Crippen LogP contribution >= 0.6 is 11.6 Å². The second kappa shape index (κ2) is 8.11. The van der Waals surface area contributed by atoms with E-state index in [1.807, 2.05) is 55.5 Å². The maximum Gasteiger partial charge on any atom is 0.255 e. The van der Waals surface area contributed by atoms with Gasteiger partial charge in [-0.1, -0.05) is 48.4 Å². The number of nitrogens with zero attached hydrogens (tertiary/aromatic N) is 2. The zero-order chi connectivity index (χ0) is 18.5. The summed E-state index contributed by atoms with van der Waals surface area (Å²) in [6, 6.07) is 15.4. The third-order valence-electron chi connectivity index (χ3n) is 4.20. The molecule has 0 radical (unpaired) electrons. The van der Waals surface area contributed by atoms with Crippen LogP contribution in [0.5, 0.6) is 0 Å². The molecule has 1 aromatic heterocycles. The minimum absolute atomic E-state index is 0.115. The quantitative estimate of drug-likeness (QED) is 0.689. The Balaban J connectivity index is 1.71. The molecule has 1 N–H and O–H groups in total. The molecule has 132 valence electrons. The Labute approximate surface area is 158 Å². The number of carbonyl (C=O) groups excluding carboxylic acids is 1. The second-order valence-corrected chi connectivity index (χ2v) is 6.77. The SMILES string of the molecule is Cc1ccc(C(=O)Nc2cccc([C@H](C)Cc3cncc(Cl)n3)c2)cc1. The lowest BCUT2D eigenvalue weighted by atomic mass is 9.96. The first-order chi connectivity index (χ1) is 12.5. The largest absolute Gasteiger partial charge is 0.322 e. The van der Waals surface area contributed by atoms with Crippen LogP contribution in [0.3, 0.4) is 0 Å². The van der Waals surface area contributed by atoms with E-state index in [1.54, 1.807) is 6.20 Å². The summed E-state index contributed by atoms with van der Waals surface area (Å²) in [7, 11) is 0. The first kappa shape index (κ1) is 18.1. The van der Waals surface area contributed by atoms with Gasteiger partial charge in [0.2, 0.25) is 0 Å². The van der Waals surface area contributed by atoms with E-state index in [2.05, 4.69) is 22.2 Å². The highest BCUT2D eigenvalue weighted by atomic mass is 35.5. The summed E-state index contributed by atoms with van der Waals surface area (Å²) in [6.45, 7) is 4.11. The molecule has 5 heteroatoms. The average Bonchev–Trinajstić information content (AvgIpc) is 2.62. The van der Waals surface area contributed by atoms with E-state index in [1.165, 1.54) is 6.20 Å². The van der Waals surface area contributed by atoms with E-state index in [0.29, 0.717) is 10.7 Å². The summed E-state index contributed by atoms with van der Waals surface area (Å²) in [5.74, 6) is 0.106. The normalized spacial score (nSPS) is 11.8. The van der Waals surface area contributed by atoms with Crippen LogP contribution in [-0.4, -0.2) is 15.9 Å². The Morgan fingerprint density at radius 3 is 2.65 bits per heavy atom. The fourth-order valence-electron chi connectivity index (χ4n) is 2.74. The van der Waals surface area contributed by atoms with E-state index < -0.39 is 0 Å². The summed E-state index contributed by atoms with van der Waals surface area (Å²) in [5.41, 5.74) is 4.51. The van der Waals surface area contributed by atoms with Gasteiger partial charge in [0.05, 0.1) is 11.9 Å². The number of anilines is 1. The summed E-state index contributed by atoms with van der Waals surface area (Å²) < 4.78 is 0. The fraction of sp³-hybridized carbons (Fsp3) is 0.190. The molecule has 0 saturated carbocycles. The minimum atomic E-state index is -0.115. The van der Waals surface area contributed by atoms with Crippen molar-refractivity contribution in [2.45, 2.75) is 26.2 Å². The van der Waals surface area contributed by atoms with Crippen LogP contribution in [0.4, 0.5) is 5.69 Å². The van der Waals surface area contributed by atoms with E-state index >= 15 is 0 Å². The van der Waals surface area contributed by atoms with Crippen molar-refractivity contribution >= 4 is 23.2 Å². The van der Waals surface area contributed by atoms with Gasteiger partial charge < -0.3 is 5.32 Å². The number of hydrogen-bond acceptors (Lipinski definition) is 3. The van der Waals surface area contributed by atoms with Crippen molar-refractivity contribution in [3.8, 4) is 0 Å². The Bertz CT molecular complexity index is 909. The molecule has 0 aliphatic heterocycles. The molecule has 1 heterocycles. The lowest BCUT2D eigenvalue weighted by Gasteiger charge is -2.13. The molecule has 4 nitrogen and oxygen atoms in total. The highest BCUT2D eigenvalue weighted by molar-refractivity contribution is 6.29. The zero-order valence-corrected chi connectivity index (χ0v) is 15.5. The molecule has 3 rings (SSSR count). The van der Waals surface area contributed by atoms with E-state index in [4.69, 9.17) is 11.6 Å². The molecule has 1 atom stereocenters. The van der Waals surface area contributed by atoms with Gasteiger partial charge in [-0.25, -0.2) is 4.98 Å². The predicted molar refractivity (Wildman–Crippen MR) is 105 cm³/mol. The second-order valence-electron chi connectivity index (χ2n) is 6.38. The molecule has 0 bridgehead atoms. The van der Waals surface area contributed by atoms with Crippen LogP contribution in [0.1, 0.15) is 40.0 Å². The number of rotatable bonds is 5. The zero-order valence-electron chi connectivity index (χ0n) is 14.7. The van der Waals surface area contributed by atoms with Gasteiger partial charge in [-0.3, -0.25) is 9.78 Å². The molecular weight excluding hydrogens is 346 g/mol. The number of aromatic nitrogens is 2. The molecule has 0 unspecified atom stereocenters. The van der Waals surface area contributed by atoms with Crippen LogP contribution in [0.25, 0.3) is 0 Å². The van der Waals surface area contributed by atoms with E-state index in [9.17, 15) is 4.79 Å². The van der Waals surface area contributed by atoms with Crippen molar-refractivity contribution in [1.29, 1.82) is 0 Å². The van der Waals surface area contributed by atoms with Crippen molar-refractivity contribution in [3.63, 3.8) is 0 Å². The molecule has 26 heavy (non-hydrogen) atoms. The summed E-state index contributed by atoms with van der Waals surface area (Å²) in [4.78, 5) is 20.8. The Morgan fingerprint density at radius 1 is 1.15 bits per heavy atom. The van der Waals surface area contributed by atoms with Crippen LogP contribution in [-0.2, 0) is 6.42 Å². The lowest BCUT2D eigenvalue weighted by molar-refractivity contribution is 0.102. The van der Waals surface area contributed by atoms with E-state index in [-0.39, 0.29) is 11.8 Å². The highest BCUT2D eigenvalue weighted by Gasteiger charge is 2.11. The van der Waals surface area contributed by atoms with Gasteiger partial charge in [0.25, 0.3) is 5.91 Å². The molecule has 0 aliphatic rings. The number of amides is 1. The van der Waals surface area contributed by atoms with Crippen LogP contribution in [0, 0.1) is 6.92 Å². The molecule has 1 amide bonds. The smallest absolute Gasteiger partial charge is 0.255 e. The van der Waals surface area contributed by atoms with E-state index in [0.717, 1.165) is 28.9 Å². The lowest BCUT2D eigenvalue weighted by Crippen LogP contribution is -2.12. The molecule has 0 aliphatic carbocycles. The average molecular weight is 366 g/mol. The summed E-state index contributed by atoms with van der Waals surface area (Å²) >= 11 is 5.90. The maximum atomic E-state index is 12.4. The van der Waals surface area contributed by atoms with Crippen molar-refractivity contribution in [2.75, 3.05) is 5.32 Å². The van der Waals surface area contributed by atoms with Crippen LogP contribution in [0.15, 0.2) is 60.9 Å². The van der Waals surface area contributed by atoms with Crippen molar-refractivity contribution in [2.24, 2.45) is 0 Å². The molecule has 2 aromatic carbocycles. The first-order valence-electron chi connectivity index (χ1n) is 8.45. The minimum Gasteiger partial charge on any atom is -0.322 e. The number of nitrogens with one attached hydrogen (secondary N) is 1. The number of halogens is 1. The fourth-order valence-corrected chi connectivity index (χ4v) is 2.91. The van der Waals surface area contributed by atoms with Gasteiger partial charge in [-0.2, -0.15) is 0 Å².